The highest BCUT2D eigenvalue weighted by Gasteiger charge is 2.26. The van der Waals surface area contributed by atoms with Crippen LogP contribution in [-0.2, 0) is 9.53 Å². The average molecular weight is 327 g/mol. The van der Waals surface area contributed by atoms with E-state index in [0.29, 0.717) is 11.1 Å². The third-order valence-corrected chi connectivity index (χ3v) is 4.36. The summed E-state index contributed by atoms with van der Waals surface area (Å²) < 4.78 is 5.34. The number of esters is 1. The molecule has 2 heterocycles. The van der Waals surface area contributed by atoms with E-state index in [1.807, 2.05) is 13.8 Å². The van der Waals surface area contributed by atoms with Gasteiger partial charge in [0.25, 0.3) is 5.91 Å². The van der Waals surface area contributed by atoms with Crippen molar-refractivity contribution in [1.29, 1.82) is 0 Å². The average Bonchev–Trinajstić information content (AvgIpc) is 3.09. The Kier molecular flexibility index (Phi) is 4.46. The number of aromatic nitrogens is 2. The number of amides is 1. The zero-order valence-corrected chi connectivity index (χ0v) is 14.2. The van der Waals surface area contributed by atoms with Gasteiger partial charge >= 0.3 is 5.97 Å². The SMILES string of the molecule is Cc1nc2ccc(C(=O)O[C@@H](C)C(=O)N3CCCC3)cc2nc1C. The van der Waals surface area contributed by atoms with Gasteiger partial charge in [0, 0.05) is 13.1 Å². The van der Waals surface area contributed by atoms with Gasteiger partial charge in [0.1, 0.15) is 0 Å². The second kappa shape index (κ2) is 6.55. The highest BCUT2D eigenvalue weighted by molar-refractivity contribution is 5.95. The van der Waals surface area contributed by atoms with E-state index in [-0.39, 0.29) is 5.91 Å². The molecule has 1 atom stereocenters. The normalized spacial score (nSPS) is 15.5. The molecule has 0 saturated carbocycles. The number of hydrogen-bond donors (Lipinski definition) is 0. The molecule has 1 aromatic heterocycles. The van der Waals surface area contributed by atoms with E-state index in [9.17, 15) is 9.59 Å². The fourth-order valence-corrected chi connectivity index (χ4v) is 2.83. The molecular formula is C18H21N3O3. The number of nitrogens with zero attached hydrogens (tertiary/aromatic N) is 3. The number of aryl methyl sites for hydroxylation is 2. The van der Waals surface area contributed by atoms with Crippen LogP contribution in [0, 0.1) is 13.8 Å². The van der Waals surface area contributed by atoms with Crippen LogP contribution < -0.4 is 0 Å². The highest BCUT2D eigenvalue weighted by atomic mass is 16.5. The molecule has 1 aliphatic heterocycles. The summed E-state index contributed by atoms with van der Waals surface area (Å²) in [5, 5.41) is 0. The van der Waals surface area contributed by atoms with Gasteiger partial charge in [0.15, 0.2) is 6.10 Å². The summed E-state index contributed by atoms with van der Waals surface area (Å²) in [5.41, 5.74) is 3.44. The van der Waals surface area contributed by atoms with E-state index in [4.69, 9.17) is 4.74 Å². The molecule has 0 radical (unpaired) electrons. The summed E-state index contributed by atoms with van der Waals surface area (Å²) >= 11 is 0. The van der Waals surface area contributed by atoms with Crippen molar-refractivity contribution in [3.63, 3.8) is 0 Å². The van der Waals surface area contributed by atoms with Gasteiger partial charge < -0.3 is 9.64 Å². The number of rotatable bonds is 3. The molecule has 6 nitrogen and oxygen atoms in total. The highest BCUT2D eigenvalue weighted by Crippen LogP contribution is 2.16. The predicted octanol–water partition coefficient (Wildman–Crippen LogP) is 2.41. The van der Waals surface area contributed by atoms with Gasteiger partial charge in [-0.1, -0.05) is 0 Å². The molecule has 3 rings (SSSR count). The Bertz CT molecular complexity index is 797. The van der Waals surface area contributed by atoms with E-state index in [2.05, 4.69) is 9.97 Å². The minimum atomic E-state index is -0.780. The predicted molar refractivity (Wildman–Crippen MR) is 89.7 cm³/mol. The Morgan fingerprint density at radius 1 is 1.08 bits per heavy atom. The zero-order chi connectivity index (χ0) is 17.3. The van der Waals surface area contributed by atoms with Crippen LogP contribution in [0.15, 0.2) is 18.2 Å². The summed E-state index contributed by atoms with van der Waals surface area (Å²) in [6.07, 6.45) is 1.24. The molecule has 1 aliphatic rings. The number of hydrogen-bond acceptors (Lipinski definition) is 5. The molecule has 24 heavy (non-hydrogen) atoms. The topological polar surface area (TPSA) is 72.4 Å². The lowest BCUT2D eigenvalue weighted by molar-refractivity contribution is -0.138. The maximum Gasteiger partial charge on any atom is 0.338 e. The van der Waals surface area contributed by atoms with E-state index in [0.717, 1.165) is 42.8 Å². The van der Waals surface area contributed by atoms with E-state index >= 15 is 0 Å². The molecule has 1 aromatic carbocycles. The summed E-state index contributed by atoms with van der Waals surface area (Å²) in [5.74, 6) is -0.648. The summed E-state index contributed by atoms with van der Waals surface area (Å²) in [6.45, 7) is 6.88. The van der Waals surface area contributed by atoms with Crippen molar-refractivity contribution in [2.75, 3.05) is 13.1 Å². The van der Waals surface area contributed by atoms with Crippen LogP contribution in [-0.4, -0.2) is 45.9 Å². The molecule has 0 aliphatic carbocycles. The number of fused-ring (bicyclic) bond motifs is 1. The number of ether oxygens (including phenoxy) is 1. The monoisotopic (exact) mass is 327 g/mol. The third-order valence-electron chi connectivity index (χ3n) is 4.36. The molecule has 1 amide bonds. The quantitative estimate of drug-likeness (QED) is 0.810. The first-order chi connectivity index (χ1) is 11.5. The smallest absolute Gasteiger partial charge is 0.338 e. The fraction of sp³-hybridized carbons (Fsp3) is 0.444. The molecule has 1 saturated heterocycles. The molecule has 0 spiro atoms. The first-order valence-electron chi connectivity index (χ1n) is 8.20. The van der Waals surface area contributed by atoms with E-state index < -0.39 is 12.1 Å². The van der Waals surface area contributed by atoms with Crippen molar-refractivity contribution >= 4 is 22.9 Å². The van der Waals surface area contributed by atoms with Crippen LogP contribution in [0.25, 0.3) is 11.0 Å². The van der Waals surface area contributed by atoms with Gasteiger partial charge in [-0.05, 0) is 51.8 Å². The molecule has 1 fully saturated rings. The fourth-order valence-electron chi connectivity index (χ4n) is 2.83. The Balaban J connectivity index is 1.75. The van der Waals surface area contributed by atoms with Crippen LogP contribution in [0.2, 0.25) is 0 Å². The van der Waals surface area contributed by atoms with Crippen molar-refractivity contribution in [3.05, 3.63) is 35.2 Å². The van der Waals surface area contributed by atoms with Crippen molar-refractivity contribution in [2.45, 2.75) is 39.7 Å². The molecule has 0 bridgehead atoms. The van der Waals surface area contributed by atoms with Gasteiger partial charge in [-0.15, -0.1) is 0 Å². The maximum absolute atomic E-state index is 12.3. The van der Waals surface area contributed by atoms with Crippen molar-refractivity contribution < 1.29 is 14.3 Å². The number of likely N-dealkylation sites (tertiary alicyclic amines) is 1. The molecule has 2 aromatic rings. The maximum atomic E-state index is 12.3. The summed E-state index contributed by atoms with van der Waals surface area (Å²) in [6, 6.07) is 5.06. The van der Waals surface area contributed by atoms with Gasteiger partial charge in [-0.25, -0.2) is 14.8 Å². The zero-order valence-electron chi connectivity index (χ0n) is 14.2. The van der Waals surface area contributed by atoms with Gasteiger partial charge in [0.05, 0.1) is 28.0 Å². The van der Waals surface area contributed by atoms with Crippen LogP contribution in [0.1, 0.15) is 41.5 Å². The van der Waals surface area contributed by atoms with Crippen LogP contribution in [0.5, 0.6) is 0 Å². The lowest BCUT2D eigenvalue weighted by Crippen LogP contribution is -2.38. The number of carbonyl (C=O) groups excluding carboxylic acids is 2. The Morgan fingerprint density at radius 2 is 1.71 bits per heavy atom. The van der Waals surface area contributed by atoms with Crippen LogP contribution in [0.4, 0.5) is 0 Å². The first kappa shape index (κ1) is 16.4. The Hall–Kier alpha value is -2.50. The largest absolute Gasteiger partial charge is 0.449 e. The lowest BCUT2D eigenvalue weighted by atomic mass is 10.2. The Labute approximate surface area is 140 Å². The standard InChI is InChI=1S/C18H21N3O3/c1-11-12(2)20-16-10-14(6-7-15(16)19-11)18(23)24-13(3)17(22)21-8-4-5-9-21/h6-7,10,13H,4-5,8-9H2,1-3H3/t13-/m0/s1. The molecule has 126 valence electrons. The van der Waals surface area contributed by atoms with Gasteiger partial charge in [-0.3, -0.25) is 4.79 Å². The van der Waals surface area contributed by atoms with Crippen LogP contribution in [0.3, 0.4) is 0 Å². The van der Waals surface area contributed by atoms with E-state index in [1.54, 1.807) is 30.0 Å². The molecule has 0 N–H and O–H groups in total. The van der Waals surface area contributed by atoms with Crippen molar-refractivity contribution in [3.8, 4) is 0 Å². The summed E-state index contributed by atoms with van der Waals surface area (Å²) in [7, 11) is 0. The van der Waals surface area contributed by atoms with E-state index in [1.165, 1.54) is 0 Å². The second-order valence-electron chi connectivity index (χ2n) is 6.18. The minimum Gasteiger partial charge on any atom is -0.449 e. The molecular weight excluding hydrogens is 306 g/mol. The number of carbonyl (C=O) groups is 2. The Morgan fingerprint density at radius 3 is 2.38 bits per heavy atom. The van der Waals surface area contributed by atoms with Crippen molar-refractivity contribution in [1.82, 2.24) is 14.9 Å². The van der Waals surface area contributed by atoms with Crippen molar-refractivity contribution in [2.24, 2.45) is 0 Å². The van der Waals surface area contributed by atoms with Gasteiger partial charge in [0.2, 0.25) is 0 Å². The van der Waals surface area contributed by atoms with Gasteiger partial charge in [-0.2, -0.15) is 0 Å². The first-order valence-corrected chi connectivity index (χ1v) is 8.20. The minimum absolute atomic E-state index is 0.132. The summed E-state index contributed by atoms with van der Waals surface area (Å²) in [4.78, 5) is 35.2. The number of benzene rings is 1. The molecule has 0 unspecified atom stereocenters. The lowest BCUT2D eigenvalue weighted by Gasteiger charge is -2.20. The molecule has 6 heteroatoms. The second-order valence-corrected chi connectivity index (χ2v) is 6.18. The van der Waals surface area contributed by atoms with Crippen LogP contribution >= 0.6 is 0 Å². The third kappa shape index (κ3) is 3.22.